The summed E-state index contributed by atoms with van der Waals surface area (Å²) in [7, 11) is 3.15. The van der Waals surface area contributed by atoms with E-state index in [4.69, 9.17) is 10.6 Å². The maximum Gasteiger partial charge on any atom is 0.325 e. The molecule has 2 rings (SSSR count). The van der Waals surface area contributed by atoms with Gasteiger partial charge in [-0.2, -0.15) is 0 Å². The van der Waals surface area contributed by atoms with Gasteiger partial charge >= 0.3 is 6.03 Å². The van der Waals surface area contributed by atoms with Crippen molar-refractivity contribution in [1.29, 1.82) is 0 Å². The number of urea groups is 1. The Labute approximate surface area is 104 Å². The quantitative estimate of drug-likeness (QED) is 0.385. The molecule has 0 aromatic heterocycles. The van der Waals surface area contributed by atoms with Crippen molar-refractivity contribution < 1.29 is 14.3 Å². The van der Waals surface area contributed by atoms with Crippen LogP contribution in [0.4, 0.5) is 4.79 Å². The summed E-state index contributed by atoms with van der Waals surface area (Å²) in [5.41, 5.74) is 2.44. The zero-order valence-electron chi connectivity index (χ0n) is 10.2. The lowest BCUT2D eigenvalue weighted by Gasteiger charge is -2.35. The molecule has 0 bridgehead atoms. The van der Waals surface area contributed by atoms with Gasteiger partial charge in [-0.3, -0.25) is 15.5 Å². The molecule has 100 valence electrons. The molecule has 4 N–H and O–H groups in total. The molecule has 0 aromatic carbocycles. The molecular formula is C9H16N6O3. The molecule has 18 heavy (non-hydrogen) atoms. The number of hydrogen-bond donors (Lipinski definition) is 3. The van der Waals surface area contributed by atoms with Crippen LogP contribution in [0.3, 0.4) is 0 Å². The van der Waals surface area contributed by atoms with E-state index in [1.807, 2.05) is 0 Å². The molecule has 0 spiro atoms. The van der Waals surface area contributed by atoms with Gasteiger partial charge in [0.2, 0.25) is 5.96 Å². The number of nitrogens with two attached hydrogens (primary N) is 1. The van der Waals surface area contributed by atoms with Crippen LogP contribution >= 0.6 is 0 Å². The van der Waals surface area contributed by atoms with Crippen LogP contribution < -0.4 is 16.6 Å². The molecule has 3 amide bonds. The Morgan fingerprint density at radius 2 is 2.28 bits per heavy atom. The molecule has 2 aliphatic rings. The third-order valence-electron chi connectivity index (χ3n) is 3.03. The van der Waals surface area contributed by atoms with Crippen LogP contribution in [0, 0.1) is 0 Å². The first-order valence-corrected chi connectivity index (χ1v) is 5.47. The second-order valence-electron chi connectivity index (χ2n) is 4.05. The van der Waals surface area contributed by atoms with E-state index in [2.05, 4.69) is 15.7 Å². The van der Waals surface area contributed by atoms with Gasteiger partial charge in [0, 0.05) is 20.7 Å². The lowest BCUT2D eigenvalue weighted by atomic mass is 10.1. The van der Waals surface area contributed by atoms with E-state index in [9.17, 15) is 9.59 Å². The van der Waals surface area contributed by atoms with E-state index < -0.39 is 18.2 Å². The number of hydrogen-bond acceptors (Lipinski definition) is 7. The number of aliphatic imine (C=N–C) groups is 1. The normalized spacial score (nSPS) is 26.9. The fraction of sp³-hybridized carbons (Fsp3) is 0.667. The van der Waals surface area contributed by atoms with Crippen molar-refractivity contribution in [1.82, 2.24) is 20.5 Å². The minimum Gasteiger partial charge on any atom is -0.383 e. The van der Waals surface area contributed by atoms with Crippen molar-refractivity contribution in [3.05, 3.63) is 0 Å². The van der Waals surface area contributed by atoms with E-state index in [1.54, 1.807) is 19.1 Å². The molecule has 2 unspecified atom stereocenters. The molecular weight excluding hydrogens is 240 g/mol. The monoisotopic (exact) mass is 256 g/mol. The lowest BCUT2D eigenvalue weighted by molar-refractivity contribution is -0.127. The smallest absolute Gasteiger partial charge is 0.325 e. The number of amides is 3. The Balaban J connectivity index is 2.24. The fourth-order valence-corrected chi connectivity index (χ4v) is 2.08. The third kappa shape index (κ3) is 1.87. The fourth-order valence-electron chi connectivity index (χ4n) is 2.08. The van der Waals surface area contributed by atoms with Gasteiger partial charge in [-0.05, 0) is 0 Å². The Morgan fingerprint density at radius 1 is 1.56 bits per heavy atom. The average Bonchev–Trinajstić information content (AvgIpc) is 2.72. The molecule has 2 aliphatic heterocycles. The van der Waals surface area contributed by atoms with Gasteiger partial charge in [-0.25, -0.2) is 15.6 Å². The number of methoxy groups -OCH3 is 1. The molecule has 2 atom stereocenters. The second-order valence-corrected chi connectivity index (χ2v) is 4.05. The Bertz CT molecular complexity index is 398. The van der Waals surface area contributed by atoms with Crippen molar-refractivity contribution in [2.24, 2.45) is 10.8 Å². The topological polar surface area (TPSA) is 112 Å². The summed E-state index contributed by atoms with van der Waals surface area (Å²) in [5.74, 6) is 5.37. The van der Waals surface area contributed by atoms with Crippen LogP contribution in [-0.4, -0.2) is 67.2 Å². The molecule has 0 saturated carbocycles. The number of rotatable bonds is 3. The standard InChI is InChI=1S/C9H16N6O3/c1-14-6-5(7(16)12-9(14)17)15(3-4-18-2)8(11-6)13-10/h5-6H,3-4,10H2,1-2H3,(H,11,13)(H,12,16,17). The third-order valence-corrected chi connectivity index (χ3v) is 3.03. The first kappa shape index (κ1) is 12.6. The van der Waals surface area contributed by atoms with Gasteiger partial charge in [0.05, 0.1) is 6.61 Å². The van der Waals surface area contributed by atoms with Crippen molar-refractivity contribution in [2.45, 2.75) is 12.2 Å². The summed E-state index contributed by atoms with van der Waals surface area (Å²) in [6.07, 6.45) is -0.561. The highest BCUT2D eigenvalue weighted by atomic mass is 16.5. The molecule has 9 nitrogen and oxygen atoms in total. The second kappa shape index (κ2) is 4.78. The van der Waals surface area contributed by atoms with Gasteiger partial charge in [-0.15, -0.1) is 0 Å². The zero-order valence-corrected chi connectivity index (χ0v) is 10.2. The summed E-state index contributed by atoms with van der Waals surface area (Å²) in [6.45, 7) is 0.880. The van der Waals surface area contributed by atoms with Crippen LogP contribution in [-0.2, 0) is 9.53 Å². The SMILES string of the molecule is COCCN1C(NN)=NC2C1C(=O)NC(=O)N2C. The number of ether oxygens (including phenoxy) is 1. The minimum absolute atomic E-state index is 0.374. The highest BCUT2D eigenvalue weighted by Gasteiger charge is 2.48. The van der Waals surface area contributed by atoms with Gasteiger partial charge in [0.1, 0.15) is 0 Å². The summed E-state index contributed by atoms with van der Waals surface area (Å²) < 4.78 is 4.98. The number of imide groups is 1. The largest absolute Gasteiger partial charge is 0.383 e. The number of nitrogens with one attached hydrogen (secondary N) is 2. The van der Waals surface area contributed by atoms with Gasteiger partial charge in [0.25, 0.3) is 5.91 Å². The van der Waals surface area contributed by atoms with E-state index in [1.165, 1.54) is 4.90 Å². The number of likely N-dealkylation sites (N-methyl/N-ethyl adjacent to an activating group) is 1. The summed E-state index contributed by atoms with van der Waals surface area (Å²) >= 11 is 0. The number of carbonyl (C=O) groups is 2. The van der Waals surface area contributed by atoms with Crippen molar-refractivity contribution >= 4 is 17.9 Å². The first-order valence-electron chi connectivity index (χ1n) is 5.47. The molecule has 0 aliphatic carbocycles. The van der Waals surface area contributed by atoms with E-state index in [0.29, 0.717) is 19.1 Å². The molecule has 2 heterocycles. The van der Waals surface area contributed by atoms with Gasteiger partial charge < -0.3 is 14.5 Å². The van der Waals surface area contributed by atoms with Crippen LogP contribution in [0.25, 0.3) is 0 Å². The zero-order chi connectivity index (χ0) is 13.3. The number of guanidine groups is 1. The predicted molar refractivity (Wildman–Crippen MR) is 62.2 cm³/mol. The van der Waals surface area contributed by atoms with Crippen LogP contribution in [0.1, 0.15) is 0 Å². The van der Waals surface area contributed by atoms with E-state index in [-0.39, 0.29) is 5.91 Å². The molecule has 0 radical (unpaired) electrons. The van der Waals surface area contributed by atoms with Crippen molar-refractivity contribution in [3.8, 4) is 0 Å². The minimum atomic E-state index is -0.575. The predicted octanol–water partition coefficient (Wildman–Crippen LogP) is -2.36. The Kier molecular flexibility index (Phi) is 3.34. The summed E-state index contributed by atoms with van der Waals surface area (Å²) in [6, 6.07) is -1.04. The molecule has 1 fully saturated rings. The average molecular weight is 256 g/mol. The van der Waals surface area contributed by atoms with E-state index >= 15 is 0 Å². The number of hydrazine groups is 1. The van der Waals surface area contributed by atoms with Crippen molar-refractivity contribution in [2.75, 3.05) is 27.3 Å². The van der Waals surface area contributed by atoms with E-state index in [0.717, 1.165) is 0 Å². The van der Waals surface area contributed by atoms with Crippen LogP contribution in [0.2, 0.25) is 0 Å². The summed E-state index contributed by atoms with van der Waals surface area (Å²) in [4.78, 5) is 30.7. The van der Waals surface area contributed by atoms with Gasteiger partial charge in [-0.1, -0.05) is 0 Å². The molecule has 1 saturated heterocycles. The highest BCUT2D eigenvalue weighted by molar-refractivity contribution is 6.03. The Morgan fingerprint density at radius 3 is 2.89 bits per heavy atom. The number of fused-ring (bicyclic) bond motifs is 1. The maximum atomic E-state index is 11.9. The number of nitrogens with zero attached hydrogens (tertiary/aromatic N) is 3. The molecule has 9 heteroatoms. The van der Waals surface area contributed by atoms with Gasteiger partial charge in [0.15, 0.2) is 12.2 Å². The first-order chi connectivity index (χ1) is 8.60. The van der Waals surface area contributed by atoms with Crippen LogP contribution in [0.5, 0.6) is 0 Å². The summed E-state index contributed by atoms with van der Waals surface area (Å²) in [5, 5.41) is 2.28. The lowest BCUT2D eigenvalue weighted by Crippen LogP contribution is -2.64. The number of carbonyl (C=O) groups excluding carboxylic acids is 2. The van der Waals surface area contributed by atoms with Crippen LogP contribution in [0.15, 0.2) is 4.99 Å². The maximum absolute atomic E-state index is 11.9. The van der Waals surface area contributed by atoms with Crippen molar-refractivity contribution in [3.63, 3.8) is 0 Å². The molecule has 0 aromatic rings. The highest BCUT2D eigenvalue weighted by Crippen LogP contribution is 2.22. The Hall–Kier alpha value is -1.87.